The molecule has 0 bridgehead atoms. The highest BCUT2D eigenvalue weighted by Gasteiger charge is 2.31. The lowest BCUT2D eigenvalue weighted by molar-refractivity contribution is 0.0695. The summed E-state index contributed by atoms with van der Waals surface area (Å²) in [6, 6.07) is 3.28. The molecule has 0 heterocycles. The van der Waals surface area contributed by atoms with Crippen LogP contribution in [0.25, 0.3) is 0 Å². The van der Waals surface area contributed by atoms with Gasteiger partial charge in [-0.3, -0.25) is 0 Å². The minimum absolute atomic E-state index is 0.000525. The number of ether oxygens (including phenoxy) is 1. The molecule has 0 aromatic heterocycles. The van der Waals surface area contributed by atoms with Crippen LogP contribution in [0.4, 0.5) is 10.1 Å². The van der Waals surface area contributed by atoms with E-state index in [2.05, 4.69) is 15.9 Å². The lowest BCUT2D eigenvalue weighted by Gasteiger charge is -2.25. The molecule has 0 amide bonds. The number of benzene rings is 1. The Hall–Kier alpha value is -1.14. The first-order valence-corrected chi connectivity index (χ1v) is 6.82. The van der Waals surface area contributed by atoms with Gasteiger partial charge in [-0.25, -0.2) is 9.18 Å². The van der Waals surface area contributed by atoms with Crippen molar-refractivity contribution in [3.05, 3.63) is 28.0 Å². The van der Waals surface area contributed by atoms with Crippen LogP contribution in [0.15, 0.2) is 16.6 Å². The van der Waals surface area contributed by atoms with Gasteiger partial charge in [0.25, 0.3) is 0 Å². The third kappa shape index (κ3) is 3.06. The number of halogens is 2. The SMILES string of the molecule is COCCN(c1ccc(C(=O)O)c(Br)c1F)C1CC1. The zero-order valence-electron chi connectivity index (χ0n) is 10.5. The highest BCUT2D eigenvalue weighted by atomic mass is 79.9. The van der Waals surface area contributed by atoms with Crippen LogP contribution in [-0.2, 0) is 4.74 Å². The number of aromatic carboxylic acids is 1. The molecule has 1 aromatic rings. The topological polar surface area (TPSA) is 49.8 Å². The first kappa shape index (κ1) is 14.3. The smallest absolute Gasteiger partial charge is 0.336 e. The summed E-state index contributed by atoms with van der Waals surface area (Å²) >= 11 is 3.02. The van der Waals surface area contributed by atoms with Crippen molar-refractivity contribution in [3.63, 3.8) is 0 Å². The van der Waals surface area contributed by atoms with E-state index in [1.54, 1.807) is 7.11 Å². The number of hydrogen-bond donors (Lipinski definition) is 1. The third-order valence-corrected chi connectivity index (χ3v) is 3.90. The first-order valence-electron chi connectivity index (χ1n) is 6.03. The summed E-state index contributed by atoms with van der Waals surface area (Å²) in [5.41, 5.74) is 0.361. The molecule has 0 aliphatic heterocycles. The summed E-state index contributed by atoms with van der Waals surface area (Å²) in [5.74, 6) is -1.67. The molecule has 104 valence electrons. The van der Waals surface area contributed by atoms with Crippen LogP contribution in [0.1, 0.15) is 23.2 Å². The van der Waals surface area contributed by atoms with E-state index in [9.17, 15) is 9.18 Å². The predicted octanol–water partition coefficient (Wildman–Crippen LogP) is 2.90. The molecule has 0 radical (unpaired) electrons. The fourth-order valence-corrected chi connectivity index (χ4v) is 2.51. The number of carboxylic acid groups (broad SMARTS) is 1. The summed E-state index contributed by atoms with van der Waals surface area (Å²) in [6.07, 6.45) is 2.06. The average molecular weight is 332 g/mol. The number of methoxy groups -OCH3 is 1. The second-order valence-electron chi connectivity index (χ2n) is 4.48. The highest BCUT2D eigenvalue weighted by molar-refractivity contribution is 9.10. The Morgan fingerprint density at radius 3 is 2.79 bits per heavy atom. The van der Waals surface area contributed by atoms with E-state index in [0.29, 0.717) is 24.9 Å². The van der Waals surface area contributed by atoms with E-state index in [-0.39, 0.29) is 10.0 Å². The first-order chi connectivity index (χ1) is 9.06. The van der Waals surface area contributed by atoms with E-state index >= 15 is 0 Å². The number of anilines is 1. The van der Waals surface area contributed by atoms with Crippen molar-refractivity contribution in [3.8, 4) is 0 Å². The summed E-state index contributed by atoms with van der Waals surface area (Å²) in [4.78, 5) is 12.9. The van der Waals surface area contributed by atoms with Crippen molar-refractivity contribution in [2.24, 2.45) is 0 Å². The number of hydrogen-bond acceptors (Lipinski definition) is 3. The van der Waals surface area contributed by atoms with Gasteiger partial charge >= 0.3 is 5.97 Å². The van der Waals surface area contributed by atoms with Gasteiger partial charge < -0.3 is 14.7 Å². The summed E-state index contributed by atoms with van der Waals surface area (Å²) in [5, 5.41) is 8.95. The Morgan fingerprint density at radius 1 is 1.58 bits per heavy atom. The summed E-state index contributed by atoms with van der Waals surface area (Å²) < 4.78 is 19.3. The van der Waals surface area contributed by atoms with E-state index < -0.39 is 11.8 Å². The van der Waals surface area contributed by atoms with E-state index in [1.165, 1.54) is 12.1 Å². The largest absolute Gasteiger partial charge is 0.478 e. The molecule has 1 N–H and O–H groups in total. The Kier molecular flexibility index (Phi) is 4.42. The van der Waals surface area contributed by atoms with Gasteiger partial charge in [0.2, 0.25) is 0 Å². The fourth-order valence-electron chi connectivity index (χ4n) is 2.00. The lowest BCUT2D eigenvalue weighted by atomic mass is 10.2. The fraction of sp³-hybridized carbons (Fsp3) is 0.462. The Labute approximate surface area is 119 Å². The van der Waals surface area contributed by atoms with Gasteiger partial charge in [0.05, 0.1) is 22.3 Å². The van der Waals surface area contributed by atoms with Gasteiger partial charge in [0.1, 0.15) is 0 Å². The maximum atomic E-state index is 14.3. The molecule has 1 aliphatic rings. The maximum absolute atomic E-state index is 14.3. The Morgan fingerprint density at radius 2 is 2.26 bits per heavy atom. The van der Waals surface area contributed by atoms with E-state index in [4.69, 9.17) is 9.84 Å². The summed E-state index contributed by atoms with van der Waals surface area (Å²) in [6.45, 7) is 1.10. The van der Waals surface area contributed by atoms with Gasteiger partial charge in [-0.15, -0.1) is 0 Å². The second-order valence-corrected chi connectivity index (χ2v) is 5.28. The highest BCUT2D eigenvalue weighted by Crippen LogP contribution is 2.36. The molecular formula is C13H15BrFNO3. The molecule has 1 aromatic carbocycles. The number of nitrogens with zero attached hydrogens (tertiary/aromatic N) is 1. The molecule has 0 saturated heterocycles. The Balaban J connectivity index is 2.32. The van der Waals surface area contributed by atoms with Crippen molar-refractivity contribution < 1.29 is 19.0 Å². The van der Waals surface area contributed by atoms with Crippen LogP contribution in [0.2, 0.25) is 0 Å². The predicted molar refractivity (Wildman–Crippen MR) is 73.3 cm³/mol. The van der Waals surface area contributed by atoms with Gasteiger partial charge in [-0.05, 0) is 40.9 Å². The quantitative estimate of drug-likeness (QED) is 0.870. The number of carboxylic acids is 1. The summed E-state index contributed by atoms with van der Waals surface area (Å²) in [7, 11) is 1.60. The minimum atomic E-state index is -1.15. The molecule has 6 heteroatoms. The lowest BCUT2D eigenvalue weighted by Crippen LogP contribution is -2.30. The van der Waals surface area contributed by atoms with Gasteiger partial charge in [0.15, 0.2) is 5.82 Å². The third-order valence-electron chi connectivity index (χ3n) is 3.13. The molecule has 1 saturated carbocycles. The van der Waals surface area contributed by atoms with E-state index in [1.807, 2.05) is 4.90 Å². The Bertz CT molecular complexity index is 491. The number of rotatable bonds is 6. The van der Waals surface area contributed by atoms with Crippen LogP contribution in [0, 0.1) is 5.82 Å². The van der Waals surface area contributed by atoms with Crippen LogP contribution in [0.3, 0.4) is 0 Å². The van der Waals surface area contributed by atoms with Crippen LogP contribution in [0.5, 0.6) is 0 Å². The molecule has 0 spiro atoms. The maximum Gasteiger partial charge on any atom is 0.336 e. The molecule has 1 fully saturated rings. The van der Waals surface area contributed by atoms with Crippen molar-refractivity contribution in [1.29, 1.82) is 0 Å². The van der Waals surface area contributed by atoms with Crippen LogP contribution in [-0.4, -0.2) is 37.4 Å². The average Bonchev–Trinajstić information content (AvgIpc) is 3.18. The normalized spacial score (nSPS) is 14.5. The standard InChI is InChI=1S/C13H15BrFNO3/c1-19-7-6-16(8-2-3-8)10-5-4-9(13(17)18)11(14)12(10)15/h4-5,8H,2-3,6-7H2,1H3,(H,17,18). The molecule has 0 unspecified atom stereocenters. The van der Waals surface area contributed by atoms with Crippen molar-refractivity contribution in [2.75, 3.05) is 25.2 Å². The number of carbonyl (C=O) groups is 1. The van der Waals surface area contributed by atoms with Crippen molar-refractivity contribution in [2.45, 2.75) is 18.9 Å². The van der Waals surface area contributed by atoms with Crippen LogP contribution >= 0.6 is 15.9 Å². The molecule has 0 atom stereocenters. The van der Waals surface area contributed by atoms with Crippen molar-refractivity contribution in [1.82, 2.24) is 0 Å². The molecular weight excluding hydrogens is 317 g/mol. The molecule has 2 rings (SSSR count). The molecule has 19 heavy (non-hydrogen) atoms. The monoisotopic (exact) mass is 331 g/mol. The second kappa shape index (κ2) is 5.88. The minimum Gasteiger partial charge on any atom is -0.478 e. The van der Waals surface area contributed by atoms with Crippen molar-refractivity contribution >= 4 is 27.6 Å². The molecule has 1 aliphatic carbocycles. The zero-order valence-corrected chi connectivity index (χ0v) is 12.1. The van der Waals surface area contributed by atoms with Gasteiger partial charge in [-0.1, -0.05) is 0 Å². The van der Waals surface area contributed by atoms with Gasteiger partial charge in [0, 0.05) is 19.7 Å². The van der Waals surface area contributed by atoms with Gasteiger partial charge in [-0.2, -0.15) is 0 Å². The zero-order chi connectivity index (χ0) is 14.0. The van der Waals surface area contributed by atoms with E-state index in [0.717, 1.165) is 12.8 Å². The van der Waals surface area contributed by atoms with Crippen LogP contribution < -0.4 is 4.90 Å². The molecule has 4 nitrogen and oxygen atoms in total.